The van der Waals surface area contributed by atoms with Crippen LogP contribution in [0.15, 0.2) is 60.7 Å². The molecule has 0 spiro atoms. The Bertz CT molecular complexity index is 924. The number of nitrogens with one attached hydrogen (secondary N) is 1. The van der Waals surface area contributed by atoms with E-state index in [2.05, 4.69) is 26.1 Å². The van der Waals surface area contributed by atoms with Crippen molar-refractivity contribution in [2.75, 3.05) is 5.32 Å². The van der Waals surface area contributed by atoms with E-state index in [1.165, 1.54) is 0 Å². The molecule has 1 atom stereocenters. The number of alkyl halides is 1. The van der Waals surface area contributed by atoms with E-state index in [1.54, 1.807) is 4.68 Å². The first-order valence-electron chi connectivity index (χ1n) is 8.93. The highest BCUT2D eigenvalue weighted by molar-refractivity contribution is 6.32. The molecule has 0 radical (unpaired) electrons. The average molecular weight is 382 g/mol. The highest BCUT2D eigenvalue weighted by Gasteiger charge is 2.24. The number of hydrogen-bond donors (Lipinski definition) is 1. The third-order valence-corrected chi connectivity index (χ3v) is 4.78. The lowest BCUT2D eigenvalue weighted by Crippen LogP contribution is -2.19. The lowest BCUT2D eigenvalue weighted by atomic mass is 9.92. The summed E-state index contributed by atoms with van der Waals surface area (Å²) in [6, 6.07) is 19.2. The van der Waals surface area contributed by atoms with Gasteiger partial charge in [0.1, 0.15) is 11.2 Å². The van der Waals surface area contributed by atoms with Gasteiger partial charge < -0.3 is 5.32 Å². The number of aromatic nitrogens is 2. The Hall–Kier alpha value is -2.59. The Kier molecular flexibility index (Phi) is 5.38. The largest absolute Gasteiger partial charge is 0.309 e. The van der Waals surface area contributed by atoms with Crippen molar-refractivity contribution in [2.24, 2.45) is 0 Å². The van der Waals surface area contributed by atoms with Gasteiger partial charge in [-0.3, -0.25) is 4.79 Å². The summed E-state index contributed by atoms with van der Waals surface area (Å²) in [6.45, 7) is 8.31. The minimum Gasteiger partial charge on any atom is -0.309 e. The third kappa shape index (κ3) is 4.40. The van der Waals surface area contributed by atoms with Gasteiger partial charge in [-0.25, -0.2) is 4.68 Å². The van der Waals surface area contributed by atoms with E-state index in [4.69, 9.17) is 16.7 Å². The van der Waals surface area contributed by atoms with E-state index in [1.807, 2.05) is 67.6 Å². The normalized spacial score (nSPS) is 12.6. The van der Waals surface area contributed by atoms with Crippen LogP contribution >= 0.6 is 11.6 Å². The number of anilines is 1. The molecule has 0 saturated heterocycles. The number of amides is 1. The minimum atomic E-state index is -0.773. The number of hydrogen-bond acceptors (Lipinski definition) is 2. The minimum absolute atomic E-state index is 0.144. The summed E-state index contributed by atoms with van der Waals surface area (Å²) >= 11 is 6.38. The van der Waals surface area contributed by atoms with Gasteiger partial charge in [0.25, 0.3) is 0 Å². The number of halogens is 1. The molecule has 0 aliphatic rings. The predicted octanol–water partition coefficient (Wildman–Crippen LogP) is 5.40. The summed E-state index contributed by atoms with van der Waals surface area (Å²) in [5.41, 5.74) is 3.56. The molecule has 1 amide bonds. The van der Waals surface area contributed by atoms with Crippen LogP contribution in [0.25, 0.3) is 5.69 Å². The first-order valence-corrected chi connectivity index (χ1v) is 9.37. The molecule has 2 aromatic carbocycles. The number of carbonyl (C=O) groups is 1. The highest BCUT2D eigenvalue weighted by atomic mass is 35.5. The number of nitrogens with zero attached hydrogens (tertiary/aromatic N) is 2. The van der Waals surface area contributed by atoms with Gasteiger partial charge in [0.05, 0.1) is 11.4 Å². The number of aryl methyl sites for hydroxylation is 1. The van der Waals surface area contributed by atoms with Gasteiger partial charge in [-0.2, -0.15) is 5.10 Å². The Morgan fingerprint density at radius 3 is 2.30 bits per heavy atom. The molecular formula is C22H24ClN3O. The second-order valence-electron chi connectivity index (χ2n) is 7.67. The Balaban J connectivity index is 1.95. The van der Waals surface area contributed by atoms with Crippen LogP contribution in [0.3, 0.4) is 0 Å². The van der Waals surface area contributed by atoms with Gasteiger partial charge >= 0.3 is 0 Å². The van der Waals surface area contributed by atoms with E-state index >= 15 is 0 Å². The summed E-state index contributed by atoms with van der Waals surface area (Å²) in [7, 11) is 0. The van der Waals surface area contributed by atoms with E-state index in [0.717, 1.165) is 22.5 Å². The number of carbonyl (C=O) groups excluding carboxylic acids is 1. The molecule has 1 N–H and O–H groups in total. The summed E-state index contributed by atoms with van der Waals surface area (Å²) in [4.78, 5) is 12.7. The molecule has 5 heteroatoms. The topological polar surface area (TPSA) is 46.9 Å². The summed E-state index contributed by atoms with van der Waals surface area (Å²) in [5, 5.41) is 6.90. The van der Waals surface area contributed by atoms with Crippen LogP contribution < -0.4 is 5.32 Å². The van der Waals surface area contributed by atoms with Crippen molar-refractivity contribution in [1.29, 1.82) is 0 Å². The van der Waals surface area contributed by atoms with E-state index in [9.17, 15) is 4.79 Å². The predicted molar refractivity (Wildman–Crippen MR) is 111 cm³/mol. The molecule has 1 heterocycles. The van der Waals surface area contributed by atoms with Crippen molar-refractivity contribution < 1.29 is 4.79 Å². The van der Waals surface area contributed by atoms with Crippen LogP contribution in [-0.4, -0.2) is 15.7 Å². The van der Waals surface area contributed by atoms with E-state index < -0.39 is 5.38 Å². The van der Waals surface area contributed by atoms with Gasteiger partial charge in [-0.1, -0.05) is 68.8 Å². The fourth-order valence-corrected chi connectivity index (χ4v) is 2.88. The Labute approximate surface area is 165 Å². The SMILES string of the molecule is Cc1ccc(-n2nc(C(C)(C)C)cc2NC(=O)[C@@H](Cl)c2ccccc2)cc1. The summed E-state index contributed by atoms with van der Waals surface area (Å²) in [5.74, 6) is 0.326. The standard InChI is InChI=1S/C22H24ClN3O/c1-15-10-12-17(13-11-15)26-19(14-18(25-26)22(2,3)4)24-21(27)20(23)16-8-6-5-7-9-16/h5-14,20H,1-4H3,(H,24,27)/t20-/m0/s1. The quantitative estimate of drug-likeness (QED) is 0.615. The molecule has 3 rings (SSSR count). The van der Waals surface area contributed by atoms with Crippen molar-refractivity contribution in [3.63, 3.8) is 0 Å². The van der Waals surface area contributed by atoms with E-state index in [-0.39, 0.29) is 11.3 Å². The second-order valence-corrected chi connectivity index (χ2v) is 8.11. The highest BCUT2D eigenvalue weighted by Crippen LogP contribution is 2.28. The Morgan fingerprint density at radius 2 is 1.70 bits per heavy atom. The molecule has 0 fully saturated rings. The summed E-state index contributed by atoms with van der Waals surface area (Å²) < 4.78 is 1.76. The van der Waals surface area contributed by atoms with Crippen LogP contribution in [0.1, 0.15) is 43.0 Å². The maximum atomic E-state index is 12.7. The molecule has 1 aromatic heterocycles. The number of benzene rings is 2. The zero-order chi connectivity index (χ0) is 19.6. The molecule has 0 unspecified atom stereocenters. The van der Waals surface area contributed by atoms with Crippen LogP contribution in [-0.2, 0) is 10.2 Å². The molecule has 27 heavy (non-hydrogen) atoms. The zero-order valence-corrected chi connectivity index (χ0v) is 16.8. The van der Waals surface area contributed by atoms with Crippen LogP contribution in [0.4, 0.5) is 5.82 Å². The summed E-state index contributed by atoms with van der Waals surface area (Å²) in [6.07, 6.45) is 0. The Morgan fingerprint density at radius 1 is 1.07 bits per heavy atom. The molecule has 0 saturated carbocycles. The van der Waals surface area contributed by atoms with Crippen molar-refractivity contribution in [1.82, 2.24) is 9.78 Å². The fourth-order valence-electron chi connectivity index (χ4n) is 2.68. The monoisotopic (exact) mass is 381 g/mol. The first kappa shape index (κ1) is 19.2. The first-order chi connectivity index (χ1) is 12.8. The van der Waals surface area contributed by atoms with Crippen molar-refractivity contribution in [3.05, 3.63) is 77.5 Å². The lowest BCUT2D eigenvalue weighted by molar-refractivity contribution is -0.116. The average Bonchev–Trinajstić information content (AvgIpc) is 3.06. The van der Waals surface area contributed by atoms with Gasteiger partial charge in [0.15, 0.2) is 0 Å². The molecule has 0 aliphatic carbocycles. The zero-order valence-electron chi connectivity index (χ0n) is 16.0. The molecule has 3 aromatic rings. The van der Waals surface area contributed by atoms with E-state index in [0.29, 0.717) is 5.82 Å². The maximum Gasteiger partial charge on any atom is 0.248 e. The fraction of sp³-hybridized carbons (Fsp3) is 0.273. The smallest absolute Gasteiger partial charge is 0.248 e. The third-order valence-electron chi connectivity index (χ3n) is 4.33. The van der Waals surface area contributed by atoms with Crippen molar-refractivity contribution in [2.45, 2.75) is 38.5 Å². The molecule has 140 valence electrons. The molecule has 4 nitrogen and oxygen atoms in total. The van der Waals surface area contributed by atoms with Crippen LogP contribution in [0.5, 0.6) is 0 Å². The van der Waals surface area contributed by atoms with Crippen LogP contribution in [0, 0.1) is 6.92 Å². The van der Waals surface area contributed by atoms with Gasteiger partial charge in [-0.05, 0) is 24.6 Å². The number of rotatable bonds is 4. The molecule has 0 bridgehead atoms. The molecule has 0 aliphatic heterocycles. The second kappa shape index (κ2) is 7.57. The lowest BCUT2D eigenvalue weighted by Gasteiger charge is -2.14. The van der Waals surface area contributed by atoms with Crippen molar-refractivity contribution >= 4 is 23.3 Å². The van der Waals surface area contributed by atoms with Crippen LogP contribution in [0.2, 0.25) is 0 Å². The van der Waals surface area contributed by atoms with Gasteiger partial charge in [-0.15, -0.1) is 11.6 Å². The maximum absolute atomic E-state index is 12.7. The van der Waals surface area contributed by atoms with Gasteiger partial charge in [0.2, 0.25) is 5.91 Å². The molecular weight excluding hydrogens is 358 g/mol. The van der Waals surface area contributed by atoms with Crippen molar-refractivity contribution in [3.8, 4) is 5.69 Å². The van der Waals surface area contributed by atoms with Gasteiger partial charge in [0, 0.05) is 11.5 Å².